The Morgan fingerprint density at radius 2 is 2.64 bits per heavy atom. The molecule has 1 amide bonds. The highest BCUT2D eigenvalue weighted by Crippen LogP contribution is 1.93. The van der Waals surface area contributed by atoms with Gasteiger partial charge >= 0.3 is 0 Å². The van der Waals surface area contributed by atoms with E-state index in [1.807, 2.05) is 0 Å². The van der Waals surface area contributed by atoms with Crippen molar-refractivity contribution in [2.24, 2.45) is 0 Å². The van der Waals surface area contributed by atoms with Crippen LogP contribution in [0.2, 0.25) is 0 Å². The summed E-state index contributed by atoms with van der Waals surface area (Å²) in [7, 11) is 0. The van der Waals surface area contributed by atoms with E-state index in [2.05, 4.69) is 10.6 Å². The normalized spacial score (nSPS) is 24.6. The van der Waals surface area contributed by atoms with E-state index >= 15 is 0 Å². The lowest BCUT2D eigenvalue weighted by Gasteiger charge is -2.23. The monoisotopic (exact) mass is 158 g/mol. The molecule has 0 spiro atoms. The standard InChI is InChI=1S/C7H14N2O2/c1-6(10)9-5-7-4-8-2-3-11-7/h7-8H,2-5H2,1H3,(H,9,10). The first kappa shape index (κ1) is 8.49. The van der Waals surface area contributed by atoms with Gasteiger partial charge in [0, 0.05) is 26.6 Å². The van der Waals surface area contributed by atoms with Crippen LogP contribution in [0.15, 0.2) is 0 Å². The summed E-state index contributed by atoms with van der Waals surface area (Å²) >= 11 is 0. The van der Waals surface area contributed by atoms with Crippen molar-refractivity contribution in [2.75, 3.05) is 26.2 Å². The third kappa shape index (κ3) is 3.34. The molecule has 1 aliphatic heterocycles. The fourth-order valence-electron chi connectivity index (χ4n) is 1.01. The van der Waals surface area contributed by atoms with Gasteiger partial charge in [-0.25, -0.2) is 0 Å². The number of amides is 1. The number of nitrogens with one attached hydrogen (secondary N) is 2. The van der Waals surface area contributed by atoms with Crippen LogP contribution in [0.4, 0.5) is 0 Å². The fourth-order valence-corrected chi connectivity index (χ4v) is 1.01. The Morgan fingerprint density at radius 1 is 1.82 bits per heavy atom. The van der Waals surface area contributed by atoms with Gasteiger partial charge in [-0.2, -0.15) is 0 Å². The number of hydrogen-bond donors (Lipinski definition) is 2. The van der Waals surface area contributed by atoms with Crippen LogP contribution in [0, 0.1) is 0 Å². The highest BCUT2D eigenvalue weighted by Gasteiger charge is 2.12. The second-order valence-corrected chi connectivity index (χ2v) is 2.63. The van der Waals surface area contributed by atoms with Gasteiger partial charge in [-0.05, 0) is 0 Å². The van der Waals surface area contributed by atoms with Crippen LogP contribution in [-0.2, 0) is 9.53 Å². The summed E-state index contributed by atoms with van der Waals surface area (Å²) in [6, 6.07) is 0. The van der Waals surface area contributed by atoms with Gasteiger partial charge in [0.1, 0.15) is 0 Å². The lowest BCUT2D eigenvalue weighted by molar-refractivity contribution is -0.119. The van der Waals surface area contributed by atoms with Gasteiger partial charge in [0.15, 0.2) is 0 Å². The van der Waals surface area contributed by atoms with E-state index < -0.39 is 0 Å². The molecule has 1 fully saturated rings. The quantitative estimate of drug-likeness (QED) is 0.548. The predicted octanol–water partition coefficient (Wildman–Crippen LogP) is -0.889. The summed E-state index contributed by atoms with van der Waals surface area (Å²) in [4.78, 5) is 10.5. The van der Waals surface area contributed by atoms with Crippen LogP contribution in [-0.4, -0.2) is 38.3 Å². The second-order valence-electron chi connectivity index (χ2n) is 2.63. The van der Waals surface area contributed by atoms with Gasteiger partial charge in [-0.3, -0.25) is 4.79 Å². The van der Waals surface area contributed by atoms with E-state index in [0.29, 0.717) is 6.54 Å². The largest absolute Gasteiger partial charge is 0.374 e. The number of carbonyl (C=O) groups excluding carboxylic acids is 1. The van der Waals surface area contributed by atoms with Crippen molar-refractivity contribution in [3.8, 4) is 0 Å². The highest BCUT2D eigenvalue weighted by molar-refractivity contribution is 5.72. The Hall–Kier alpha value is -0.610. The molecule has 1 unspecified atom stereocenters. The van der Waals surface area contributed by atoms with E-state index in [0.717, 1.165) is 19.7 Å². The molecule has 64 valence electrons. The molecule has 0 aromatic carbocycles. The molecule has 0 aromatic rings. The molecule has 1 aliphatic rings. The third-order valence-electron chi connectivity index (χ3n) is 1.58. The Bertz CT molecular complexity index is 132. The number of hydrogen-bond acceptors (Lipinski definition) is 3. The molecule has 4 heteroatoms. The average molecular weight is 158 g/mol. The van der Waals surface area contributed by atoms with Gasteiger partial charge in [-0.15, -0.1) is 0 Å². The Labute approximate surface area is 66.3 Å². The Balaban J connectivity index is 2.09. The van der Waals surface area contributed by atoms with Crippen molar-refractivity contribution >= 4 is 5.91 Å². The van der Waals surface area contributed by atoms with Gasteiger partial charge in [-0.1, -0.05) is 0 Å². The molecule has 0 saturated carbocycles. The molecular formula is C7H14N2O2. The fraction of sp³-hybridized carbons (Fsp3) is 0.857. The first-order valence-corrected chi connectivity index (χ1v) is 3.86. The molecule has 11 heavy (non-hydrogen) atoms. The van der Waals surface area contributed by atoms with Crippen molar-refractivity contribution < 1.29 is 9.53 Å². The van der Waals surface area contributed by atoms with E-state index in [9.17, 15) is 4.79 Å². The summed E-state index contributed by atoms with van der Waals surface area (Å²) in [5.74, 6) is -0.000765. The molecule has 1 saturated heterocycles. The van der Waals surface area contributed by atoms with E-state index in [1.165, 1.54) is 6.92 Å². The van der Waals surface area contributed by atoms with Gasteiger partial charge in [0.25, 0.3) is 0 Å². The molecule has 0 bridgehead atoms. The lowest BCUT2D eigenvalue weighted by atomic mass is 10.3. The van der Waals surface area contributed by atoms with Crippen LogP contribution >= 0.6 is 0 Å². The van der Waals surface area contributed by atoms with Crippen molar-refractivity contribution in [1.82, 2.24) is 10.6 Å². The third-order valence-corrected chi connectivity index (χ3v) is 1.58. The molecule has 1 atom stereocenters. The maximum Gasteiger partial charge on any atom is 0.216 e. The minimum absolute atomic E-state index is 0.000765. The topological polar surface area (TPSA) is 50.4 Å². The summed E-state index contributed by atoms with van der Waals surface area (Å²) in [5, 5.41) is 5.89. The highest BCUT2D eigenvalue weighted by atomic mass is 16.5. The zero-order chi connectivity index (χ0) is 8.10. The van der Waals surface area contributed by atoms with Crippen LogP contribution in [0.5, 0.6) is 0 Å². The molecule has 0 aliphatic carbocycles. The van der Waals surface area contributed by atoms with Crippen LogP contribution < -0.4 is 10.6 Å². The van der Waals surface area contributed by atoms with Crippen molar-refractivity contribution in [3.05, 3.63) is 0 Å². The summed E-state index contributed by atoms with van der Waals surface area (Å²) < 4.78 is 5.35. The Morgan fingerprint density at radius 3 is 3.18 bits per heavy atom. The van der Waals surface area contributed by atoms with Gasteiger partial charge in [0.2, 0.25) is 5.91 Å². The zero-order valence-electron chi connectivity index (χ0n) is 6.72. The van der Waals surface area contributed by atoms with Crippen molar-refractivity contribution in [1.29, 1.82) is 0 Å². The van der Waals surface area contributed by atoms with E-state index in [-0.39, 0.29) is 12.0 Å². The lowest BCUT2D eigenvalue weighted by Crippen LogP contribution is -2.44. The van der Waals surface area contributed by atoms with Crippen molar-refractivity contribution in [2.45, 2.75) is 13.0 Å². The number of rotatable bonds is 2. The number of morpholine rings is 1. The number of carbonyl (C=O) groups is 1. The minimum Gasteiger partial charge on any atom is -0.374 e. The molecule has 0 aromatic heterocycles. The summed E-state index contributed by atoms with van der Waals surface area (Å²) in [6.45, 7) is 4.61. The van der Waals surface area contributed by atoms with E-state index in [4.69, 9.17) is 4.74 Å². The maximum absolute atomic E-state index is 10.5. The van der Waals surface area contributed by atoms with Crippen LogP contribution in [0.3, 0.4) is 0 Å². The summed E-state index contributed by atoms with van der Waals surface area (Å²) in [5.41, 5.74) is 0. The zero-order valence-corrected chi connectivity index (χ0v) is 6.72. The molecule has 0 radical (unpaired) electrons. The minimum atomic E-state index is -0.000765. The predicted molar refractivity (Wildman–Crippen MR) is 41.3 cm³/mol. The molecule has 2 N–H and O–H groups in total. The maximum atomic E-state index is 10.5. The van der Waals surface area contributed by atoms with Crippen molar-refractivity contribution in [3.63, 3.8) is 0 Å². The SMILES string of the molecule is CC(=O)NCC1CNCCO1. The van der Waals surface area contributed by atoms with Gasteiger partial charge in [0.05, 0.1) is 12.7 Å². The molecule has 1 rings (SSSR count). The second kappa shape index (κ2) is 4.31. The van der Waals surface area contributed by atoms with Gasteiger partial charge < -0.3 is 15.4 Å². The molecule has 1 heterocycles. The first-order valence-electron chi connectivity index (χ1n) is 3.86. The average Bonchev–Trinajstić information content (AvgIpc) is 2.03. The number of ether oxygens (including phenoxy) is 1. The smallest absolute Gasteiger partial charge is 0.216 e. The molecular weight excluding hydrogens is 144 g/mol. The molecule has 4 nitrogen and oxygen atoms in total. The van der Waals surface area contributed by atoms with E-state index in [1.54, 1.807) is 0 Å². The first-order chi connectivity index (χ1) is 5.29. The van der Waals surface area contributed by atoms with Crippen LogP contribution in [0.1, 0.15) is 6.92 Å². The summed E-state index contributed by atoms with van der Waals surface area (Å²) in [6.07, 6.45) is 0.146. The Kier molecular flexibility index (Phi) is 3.32. The van der Waals surface area contributed by atoms with Crippen LogP contribution in [0.25, 0.3) is 0 Å².